The van der Waals surface area contributed by atoms with E-state index in [4.69, 9.17) is 4.74 Å². The molecule has 1 aliphatic rings. The molecule has 1 atom stereocenters. The average Bonchev–Trinajstić information content (AvgIpc) is 3.35. The molecular formula is C26H31N3O2S. The van der Waals surface area contributed by atoms with Crippen LogP contribution < -0.4 is 15.4 Å². The monoisotopic (exact) mass is 449 g/mol. The maximum absolute atomic E-state index is 12.6. The Labute approximate surface area is 194 Å². The summed E-state index contributed by atoms with van der Waals surface area (Å²) < 4.78 is 5.69. The summed E-state index contributed by atoms with van der Waals surface area (Å²) in [6, 6.07) is 18.3. The largest absolute Gasteiger partial charge is 0.494 e. The first-order valence-corrected chi connectivity index (χ1v) is 12.3. The number of anilines is 1. The third-order valence-electron chi connectivity index (χ3n) is 5.86. The zero-order valence-electron chi connectivity index (χ0n) is 18.5. The van der Waals surface area contributed by atoms with E-state index in [-0.39, 0.29) is 12.1 Å². The topological polar surface area (TPSA) is 53.6 Å². The summed E-state index contributed by atoms with van der Waals surface area (Å²) in [7, 11) is 0. The normalized spacial score (nSPS) is 14.4. The zero-order chi connectivity index (χ0) is 22.2. The zero-order valence-corrected chi connectivity index (χ0v) is 19.4. The van der Waals surface area contributed by atoms with Crippen LogP contribution in [0.2, 0.25) is 0 Å². The van der Waals surface area contributed by atoms with Gasteiger partial charge < -0.3 is 15.4 Å². The highest BCUT2D eigenvalue weighted by molar-refractivity contribution is 7.08. The molecule has 1 unspecified atom stereocenters. The van der Waals surface area contributed by atoms with Crippen LogP contribution in [0.25, 0.3) is 0 Å². The van der Waals surface area contributed by atoms with E-state index in [1.54, 1.807) is 11.3 Å². The predicted octanol–water partition coefficient (Wildman–Crippen LogP) is 5.85. The SMILES string of the molecule is CCCCOc1ccc(NC(=O)NCC(c2ccsc2)N2CCc3ccccc3C2)cc1. The van der Waals surface area contributed by atoms with Gasteiger partial charge in [-0.1, -0.05) is 37.6 Å². The van der Waals surface area contributed by atoms with Crippen molar-refractivity contribution < 1.29 is 9.53 Å². The standard InChI is InChI=1S/C26H31N3O2S/c1-2-3-15-31-24-10-8-23(9-11-24)28-26(30)27-17-25(22-13-16-32-19-22)29-14-12-20-6-4-5-7-21(20)18-29/h4-11,13,16,19,25H,2-3,12,14-15,17-18H2,1H3,(H2,27,28,30). The second-order valence-electron chi connectivity index (χ2n) is 8.12. The third kappa shape index (κ3) is 5.90. The number of hydrogen-bond acceptors (Lipinski definition) is 4. The minimum absolute atomic E-state index is 0.148. The fraction of sp³-hybridized carbons (Fsp3) is 0.346. The number of benzene rings is 2. The molecule has 0 radical (unpaired) electrons. The first-order chi connectivity index (χ1) is 15.7. The van der Waals surface area contributed by atoms with E-state index >= 15 is 0 Å². The van der Waals surface area contributed by atoms with Gasteiger partial charge in [0.25, 0.3) is 0 Å². The maximum Gasteiger partial charge on any atom is 0.319 e. The minimum atomic E-state index is -0.192. The number of hydrogen-bond donors (Lipinski definition) is 2. The van der Waals surface area contributed by atoms with Crippen LogP contribution in [-0.4, -0.2) is 30.6 Å². The number of nitrogens with one attached hydrogen (secondary N) is 2. The Hall–Kier alpha value is -2.83. The van der Waals surface area contributed by atoms with Crippen molar-refractivity contribution in [2.75, 3.05) is 25.0 Å². The first-order valence-electron chi connectivity index (χ1n) is 11.3. The number of nitrogens with zero attached hydrogens (tertiary/aromatic N) is 1. The fourth-order valence-electron chi connectivity index (χ4n) is 4.04. The van der Waals surface area contributed by atoms with E-state index in [2.05, 4.69) is 63.5 Å². The fourth-order valence-corrected chi connectivity index (χ4v) is 4.75. The Bertz CT molecular complexity index is 989. The maximum atomic E-state index is 12.6. The van der Waals surface area contributed by atoms with Crippen molar-refractivity contribution in [3.05, 3.63) is 82.0 Å². The molecule has 4 rings (SSSR count). The van der Waals surface area contributed by atoms with Crippen molar-refractivity contribution in [2.24, 2.45) is 0 Å². The number of ether oxygens (including phenoxy) is 1. The Morgan fingerprint density at radius 2 is 1.94 bits per heavy atom. The van der Waals surface area contributed by atoms with E-state index in [1.807, 2.05) is 24.3 Å². The van der Waals surface area contributed by atoms with Gasteiger partial charge in [-0.25, -0.2) is 4.79 Å². The van der Waals surface area contributed by atoms with Crippen LogP contribution in [0.4, 0.5) is 10.5 Å². The lowest BCUT2D eigenvalue weighted by Gasteiger charge is -2.35. The van der Waals surface area contributed by atoms with Gasteiger partial charge in [0.1, 0.15) is 5.75 Å². The Morgan fingerprint density at radius 1 is 1.12 bits per heavy atom. The quantitative estimate of drug-likeness (QED) is 0.403. The molecule has 5 nitrogen and oxygen atoms in total. The van der Waals surface area contributed by atoms with E-state index in [9.17, 15) is 4.79 Å². The summed E-state index contributed by atoms with van der Waals surface area (Å²) in [6.07, 6.45) is 3.18. The van der Waals surface area contributed by atoms with Gasteiger partial charge in [0.15, 0.2) is 0 Å². The third-order valence-corrected chi connectivity index (χ3v) is 6.57. The van der Waals surface area contributed by atoms with Crippen LogP contribution in [0, 0.1) is 0 Å². The molecule has 1 aliphatic heterocycles. The summed E-state index contributed by atoms with van der Waals surface area (Å²) >= 11 is 1.70. The molecule has 0 aliphatic carbocycles. The van der Waals surface area contributed by atoms with E-state index in [0.717, 1.165) is 43.8 Å². The Balaban J connectivity index is 1.34. The number of amides is 2. The van der Waals surface area contributed by atoms with Crippen molar-refractivity contribution in [1.29, 1.82) is 0 Å². The van der Waals surface area contributed by atoms with Gasteiger partial charge in [-0.3, -0.25) is 4.90 Å². The summed E-state index contributed by atoms with van der Waals surface area (Å²) in [6.45, 7) is 5.31. The molecule has 0 bridgehead atoms. The van der Waals surface area contributed by atoms with Crippen molar-refractivity contribution in [3.63, 3.8) is 0 Å². The lowest BCUT2D eigenvalue weighted by Crippen LogP contribution is -2.41. The molecule has 0 saturated heterocycles. The molecule has 1 aromatic heterocycles. The average molecular weight is 450 g/mol. The van der Waals surface area contributed by atoms with E-state index in [0.29, 0.717) is 13.2 Å². The molecule has 6 heteroatoms. The van der Waals surface area contributed by atoms with Gasteiger partial charge in [0, 0.05) is 25.3 Å². The number of carbonyl (C=O) groups is 1. The van der Waals surface area contributed by atoms with Crippen LogP contribution >= 0.6 is 11.3 Å². The van der Waals surface area contributed by atoms with Crippen LogP contribution in [0.1, 0.15) is 42.5 Å². The lowest BCUT2D eigenvalue weighted by atomic mass is 9.97. The second-order valence-corrected chi connectivity index (χ2v) is 8.90. The molecular weight excluding hydrogens is 418 g/mol. The van der Waals surface area contributed by atoms with Gasteiger partial charge in [-0.2, -0.15) is 11.3 Å². The number of carbonyl (C=O) groups excluding carboxylic acids is 1. The van der Waals surface area contributed by atoms with Crippen molar-refractivity contribution in [1.82, 2.24) is 10.2 Å². The van der Waals surface area contributed by atoms with E-state index < -0.39 is 0 Å². The highest BCUT2D eigenvalue weighted by Crippen LogP contribution is 2.28. The van der Waals surface area contributed by atoms with Crippen LogP contribution in [-0.2, 0) is 13.0 Å². The highest BCUT2D eigenvalue weighted by atomic mass is 32.1. The van der Waals surface area contributed by atoms with Crippen LogP contribution in [0.5, 0.6) is 5.75 Å². The van der Waals surface area contributed by atoms with Gasteiger partial charge in [0.05, 0.1) is 12.6 Å². The predicted molar refractivity (Wildman–Crippen MR) is 131 cm³/mol. The molecule has 0 spiro atoms. The van der Waals surface area contributed by atoms with Crippen molar-refractivity contribution in [3.8, 4) is 5.75 Å². The van der Waals surface area contributed by atoms with Gasteiger partial charge in [0.2, 0.25) is 0 Å². The molecule has 0 fully saturated rings. The van der Waals surface area contributed by atoms with E-state index in [1.165, 1.54) is 16.7 Å². The number of unbranched alkanes of at least 4 members (excludes halogenated alkanes) is 1. The summed E-state index contributed by atoms with van der Waals surface area (Å²) in [5.41, 5.74) is 4.82. The number of fused-ring (bicyclic) bond motifs is 1. The van der Waals surface area contributed by atoms with Crippen molar-refractivity contribution >= 4 is 23.1 Å². The van der Waals surface area contributed by atoms with Crippen LogP contribution in [0.15, 0.2) is 65.4 Å². The summed E-state index contributed by atoms with van der Waals surface area (Å²) in [5, 5.41) is 10.3. The molecule has 2 heterocycles. The number of thiophene rings is 1. The smallest absolute Gasteiger partial charge is 0.319 e. The van der Waals surface area contributed by atoms with Gasteiger partial charge >= 0.3 is 6.03 Å². The van der Waals surface area contributed by atoms with Gasteiger partial charge in [-0.15, -0.1) is 0 Å². The Morgan fingerprint density at radius 3 is 2.69 bits per heavy atom. The number of rotatable bonds is 9. The molecule has 0 saturated carbocycles. The molecule has 2 amide bonds. The summed E-state index contributed by atoms with van der Waals surface area (Å²) in [5.74, 6) is 0.826. The first kappa shape index (κ1) is 22.4. The molecule has 2 aromatic carbocycles. The van der Waals surface area contributed by atoms with Gasteiger partial charge in [-0.05, 0) is 70.6 Å². The minimum Gasteiger partial charge on any atom is -0.494 e. The molecule has 32 heavy (non-hydrogen) atoms. The Kier molecular flexibility index (Phi) is 7.80. The lowest BCUT2D eigenvalue weighted by molar-refractivity contribution is 0.176. The second kappa shape index (κ2) is 11.2. The van der Waals surface area contributed by atoms with Crippen molar-refractivity contribution in [2.45, 2.75) is 38.8 Å². The van der Waals surface area contributed by atoms with Crippen LogP contribution in [0.3, 0.4) is 0 Å². The highest BCUT2D eigenvalue weighted by Gasteiger charge is 2.25. The molecule has 3 aromatic rings. The molecule has 2 N–H and O–H groups in total. The number of urea groups is 1. The molecule has 168 valence electrons. The summed E-state index contributed by atoms with van der Waals surface area (Å²) in [4.78, 5) is 15.1.